The molecule has 7 nitrogen and oxygen atoms in total. The quantitative estimate of drug-likeness (QED) is 0.908. The third-order valence-corrected chi connectivity index (χ3v) is 3.71. The number of nitrogens with zero attached hydrogens (tertiary/aromatic N) is 5. The predicted octanol–water partition coefficient (Wildman–Crippen LogP) is 1.35. The Morgan fingerprint density at radius 2 is 2.05 bits per heavy atom. The molecule has 0 spiro atoms. The molecule has 1 aliphatic rings. The molecule has 0 aliphatic heterocycles. The maximum Gasteiger partial charge on any atom is 0.235 e. The van der Waals surface area contributed by atoms with Gasteiger partial charge in [0.2, 0.25) is 11.8 Å². The van der Waals surface area contributed by atoms with Crippen molar-refractivity contribution in [2.75, 3.05) is 11.9 Å². The van der Waals surface area contributed by atoms with Gasteiger partial charge < -0.3 is 14.4 Å². The topological polar surface area (TPSA) is 88.2 Å². The molecular weight excluding hydrogens is 270 g/mol. The van der Waals surface area contributed by atoms with Gasteiger partial charge in [-0.25, -0.2) is 9.97 Å². The fourth-order valence-electron chi connectivity index (χ4n) is 2.49. The Balaban J connectivity index is 1.77. The van der Waals surface area contributed by atoms with Gasteiger partial charge >= 0.3 is 0 Å². The molecule has 0 bridgehead atoms. The van der Waals surface area contributed by atoms with Crippen LogP contribution in [0.3, 0.4) is 0 Å². The number of aliphatic hydroxyl groups excluding tert-OH is 1. The summed E-state index contributed by atoms with van der Waals surface area (Å²) < 4.78 is 5.39. The average molecular weight is 289 g/mol. The minimum atomic E-state index is -0.187. The van der Waals surface area contributed by atoms with Crippen molar-refractivity contribution in [3.05, 3.63) is 29.4 Å². The smallest absolute Gasteiger partial charge is 0.235 e. The van der Waals surface area contributed by atoms with E-state index in [9.17, 15) is 5.11 Å². The number of aryl methyl sites for hydroxylation is 2. The summed E-state index contributed by atoms with van der Waals surface area (Å²) in [5.41, 5.74) is 0.997. The van der Waals surface area contributed by atoms with Gasteiger partial charge in [-0.15, -0.1) is 10.2 Å². The third-order valence-electron chi connectivity index (χ3n) is 3.71. The highest BCUT2D eigenvalue weighted by Crippen LogP contribution is 2.36. The van der Waals surface area contributed by atoms with Gasteiger partial charge in [0, 0.05) is 31.6 Å². The summed E-state index contributed by atoms with van der Waals surface area (Å²) in [4.78, 5) is 10.9. The highest BCUT2D eigenvalue weighted by Gasteiger charge is 2.30. The number of aliphatic hydroxyl groups is 1. The van der Waals surface area contributed by atoms with Crippen molar-refractivity contribution in [1.29, 1.82) is 0 Å². The zero-order valence-electron chi connectivity index (χ0n) is 12.4. The van der Waals surface area contributed by atoms with Gasteiger partial charge in [-0.05, 0) is 19.8 Å². The molecule has 1 N–H and O–H groups in total. The van der Waals surface area contributed by atoms with Crippen LogP contribution in [0.2, 0.25) is 0 Å². The Kier molecular flexibility index (Phi) is 3.59. The molecule has 0 aromatic carbocycles. The molecule has 2 aromatic heterocycles. The summed E-state index contributed by atoms with van der Waals surface area (Å²) in [6.45, 7) is 4.15. The van der Waals surface area contributed by atoms with Gasteiger partial charge in [0.25, 0.3) is 0 Å². The molecule has 0 radical (unpaired) electrons. The van der Waals surface area contributed by atoms with E-state index in [1.807, 2.05) is 24.9 Å². The van der Waals surface area contributed by atoms with Crippen molar-refractivity contribution in [3.8, 4) is 0 Å². The normalized spacial score (nSPS) is 21.1. The van der Waals surface area contributed by atoms with Gasteiger partial charge in [0.15, 0.2) is 0 Å². The van der Waals surface area contributed by atoms with E-state index in [0.717, 1.165) is 30.2 Å². The molecule has 1 fully saturated rings. The molecule has 112 valence electrons. The van der Waals surface area contributed by atoms with Crippen molar-refractivity contribution < 1.29 is 9.52 Å². The van der Waals surface area contributed by atoms with Crippen LogP contribution in [0.1, 0.15) is 42.1 Å². The van der Waals surface area contributed by atoms with E-state index in [-0.39, 0.29) is 6.10 Å². The number of hydrogen-bond donors (Lipinski definition) is 1. The van der Waals surface area contributed by atoms with Crippen LogP contribution in [0, 0.1) is 13.8 Å². The fraction of sp³-hybridized carbons (Fsp3) is 0.571. The molecule has 0 unspecified atom stereocenters. The average Bonchev–Trinajstić information content (AvgIpc) is 2.79. The van der Waals surface area contributed by atoms with Gasteiger partial charge in [-0.1, -0.05) is 0 Å². The molecule has 1 aliphatic carbocycles. The van der Waals surface area contributed by atoms with E-state index in [4.69, 9.17) is 4.42 Å². The summed E-state index contributed by atoms with van der Waals surface area (Å²) in [5.74, 6) is 3.01. The summed E-state index contributed by atoms with van der Waals surface area (Å²) in [7, 11) is 1.93. The first-order valence-electron chi connectivity index (χ1n) is 7.05. The SMILES string of the molecule is Cc1nc(C2CC(O)C2)cc(N(C)Cc2nnc(C)o2)n1. The first-order chi connectivity index (χ1) is 10.0. The number of hydrogen-bond acceptors (Lipinski definition) is 7. The van der Waals surface area contributed by atoms with Crippen molar-refractivity contribution in [2.45, 2.75) is 45.3 Å². The van der Waals surface area contributed by atoms with Crippen molar-refractivity contribution in [2.24, 2.45) is 0 Å². The van der Waals surface area contributed by atoms with Crippen LogP contribution in [0.4, 0.5) is 5.82 Å². The van der Waals surface area contributed by atoms with Crippen molar-refractivity contribution >= 4 is 5.82 Å². The van der Waals surface area contributed by atoms with Crippen LogP contribution < -0.4 is 4.90 Å². The summed E-state index contributed by atoms with van der Waals surface area (Å²) >= 11 is 0. The summed E-state index contributed by atoms with van der Waals surface area (Å²) in [5, 5.41) is 17.3. The molecule has 0 atom stereocenters. The minimum Gasteiger partial charge on any atom is -0.424 e. The number of anilines is 1. The molecule has 2 aromatic rings. The highest BCUT2D eigenvalue weighted by atomic mass is 16.4. The monoisotopic (exact) mass is 289 g/mol. The molecule has 21 heavy (non-hydrogen) atoms. The van der Waals surface area contributed by atoms with Gasteiger partial charge in [0.1, 0.15) is 11.6 Å². The number of aromatic nitrogens is 4. The van der Waals surface area contributed by atoms with E-state index in [1.54, 1.807) is 6.92 Å². The van der Waals surface area contributed by atoms with E-state index in [2.05, 4.69) is 20.2 Å². The molecule has 1 saturated carbocycles. The van der Waals surface area contributed by atoms with Crippen LogP contribution in [-0.2, 0) is 6.54 Å². The van der Waals surface area contributed by atoms with Crippen molar-refractivity contribution in [3.63, 3.8) is 0 Å². The van der Waals surface area contributed by atoms with Crippen LogP contribution in [-0.4, -0.2) is 38.4 Å². The Hall–Kier alpha value is -2.02. The summed E-state index contributed by atoms with van der Waals surface area (Å²) in [6.07, 6.45) is 1.37. The maximum atomic E-state index is 9.44. The van der Waals surface area contributed by atoms with Crippen LogP contribution in [0.25, 0.3) is 0 Å². The lowest BCUT2D eigenvalue weighted by molar-refractivity contribution is 0.0731. The molecule has 2 heterocycles. The Labute approximate surface area is 123 Å². The van der Waals surface area contributed by atoms with E-state index < -0.39 is 0 Å². The van der Waals surface area contributed by atoms with Gasteiger partial charge in [-0.3, -0.25) is 0 Å². The Morgan fingerprint density at radius 3 is 2.67 bits per heavy atom. The zero-order chi connectivity index (χ0) is 15.0. The first kappa shape index (κ1) is 13.9. The maximum absolute atomic E-state index is 9.44. The van der Waals surface area contributed by atoms with Gasteiger partial charge in [-0.2, -0.15) is 0 Å². The highest BCUT2D eigenvalue weighted by molar-refractivity contribution is 5.40. The molecule has 0 saturated heterocycles. The molecular formula is C14H19N5O2. The predicted molar refractivity (Wildman–Crippen MR) is 75.9 cm³/mol. The Morgan fingerprint density at radius 1 is 1.29 bits per heavy atom. The largest absolute Gasteiger partial charge is 0.424 e. The lowest BCUT2D eigenvalue weighted by Crippen LogP contribution is -2.28. The molecule has 3 rings (SSSR count). The molecule has 0 amide bonds. The first-order valence-corrected chi connectivity index (χ1v) is 7.05. The van der Waals surface area contributed by atoms with Crippen LogP contribution >= 0.6 is 0 Å². The van der Waals surface area contributed by atoms with E-state index in [0.29, 0.717) is 24.2 Å². The zero-order valence-corrected chi connectivity index (χ0v) is 12.4. The second kappa shape index (κ2) is 5.40. The second-order valence-corrected chi connectivity index (χ2v) is 5.59. The lowest BCUT2D eigenvalue weighted by atomic mass is 9.80. The fourth-order valence-corrected chi connectivity index (χ4v) is 2.49. The standard InChI is InChI=1S/C14H19N5O2/c1-8-15-12(10-4-11(20)5-10)6-13(16-8)19(3)7-14-18-17-9(2)21-14/h6,10-11,20H,4-5,7H2,1-3H3. The minimum absolute atomic E-state index is 0.187. The summed E-state index contributed by atoms with van der Waals surface area (Å²) in [6, 6.07) is 1.98. The lowest BCUT2D eigenvalue weighted by Gasteiger charge is -2.31. The van der Waals surface area contributed by atoms with E-state index >= 15 is 0 Å². The van der Waals surface area contributed by atoms with Crippen molar-refractivity contribution in [1.82, 2.24) is 20.2 Å². The molecule has 7 heteroatoms. The number of rotatable bonds is 4. The third kappa shape index (κ3) is 3.02. The van der Waals surface area contributed by atoms with Crippen LogP contribution in [0.5, 0.6) is 0 Å². The second-order valence-electron chi connectivity index (χ2n) is 5.59. The Bertz CT molecular complexity index is 636. The van der Waals surface area contributed by atoms with Crippen LogP contribution in [0.15, 0.2) is 10.5 Å². The van der Waals surface area contributed by atoms with Gasteiger partial charge in [0.05, 0.1) is 12.6 Å². The van der Waals surface area contributed by atoms with E-state index in [1.165, 1.54) is 0 Å².